The van der Waals surface area contributed by atoms with Crippen LogP contribution >= 0.6 is 0 Å². The Bertz CT molecular complexity index is 1040. The Kier molecular flexibility index (Phi) is 5.34. The van der Waals surface area contributed by atoms with Crippen molar-refractivity contribution in [2.45, 2.75) is 71.0 Å². The highest BCUT2D eigenvalue weighted by Gasteiger charge is 2.31. The molecule has 8 heteroatoms. The average Bonchev–Trinajstić information content (AvgIpc) is 3.16. The summed E-state index contributed by atoms with van der Waals surface area (Å²) in [6.45, 7) is 4.72. The maximum atomic E-state index is 13.1. The van der Waals surface area contributed by atoms with Gasteiger partial charge in [0.05, 0.1) is 24.3 Å². The maximum Gasteiger partial charge on any atom is 0.274 e. The Labute approximate surface area is 169 Å². The van der Waals surface area contributed by atoms with Crippen LogP contribution in [0.5, 0.6) is 0 Å². The van der Waals surface area contributed by atoms with Crippen molar-refractivity contribution in [3.8, 4) is 0 Å². The molecule has 0 spiro atoms. The van der Waals surface area contributed by atoms with Crippen molar-refractivity contribution < 1.29 is 4.79 Å². The highest BCUT2D eigenvalue weighted by molar-refractivity contribution is 5.92. The molecule has 2 aromatic rings. The second-order valence-corrected chi connectivity index (χ2v) is 8.23. The molecule has 1 fully saturated rings. The van der Waals surface area contributed by atoms with Crippen LogP contribution < -0.4 is 11.1 Å². The first-order valence-corrected chi connectivity index (χ1v) is 10.4. The molecule has 0 bridgehead atoms. The zero-order valence-electron chi connectivity index (χ0n) is 17.0. The van der Waals surface area contributed by atoms with Crippen molar-refractivity contribution in [1.82, 2.24) is 24.5 Å². The average molecular weight is 397 g/mol. The first-order valence-electron chi connectivity index (χ1n) is 10.4. The number of aromatic nitrogens is 4. The number of hydrogen-bond acceptors (Lipinski definition) is 5. The number of carbonyl (C=O) groups is 1. The molecule has 0 N–H and O–H groups in total. The number of aryl methyl sites for hydroxylation is 2. The zero-order valence-corrected chi connectivity index (χ0v) is 17.0. The monoisotopic (exact) mass is 397 g/mol. The highest BCUT2D eigenvalue weighted by Crippen LogP contribution is 2.21. The minimum absolute atomic E-state index is 0.101. The van der Waals surface area contributed by atoms with Crippen LogP contribution in [0, 0.1) is 0 Å². The van der Waals surface area contributed by atoms with Gasteiger partial charge in [-0.1, -0.05) is 0 Å². The van der Waals surface area contributed by atoms with Gasteiger partial charge in [-0.25, -0.2) is 9.36 Å². The van der Waals surface area contributed by atoms with Crippen molar-refractivity contribution >= 4 is 5.91 Å². The van der Waals surface area contributed by atoms with Gasteiger partial charge in [0.1, 0.15) is 5.69 Å². The molecule has 1 aliphatic heterocycles. The number of fused-ring (bicyclic) bond motifs is 1. The Balaban J connectivity index is 1.57. The van der Waals surface area contributed by atoms with Gasteiger partial charge in [-0.15, -0.1) is 0 Å². The van der Waals surface area contributed by atoms with E-state index in [1.807, 2.05) is 13.8 Å². The molecule has 1 atom stereocenters. The van der Waals surface area contributed by atoms with Gasteiger partial charge in [0.15, 0.2) is 0 Å². The summed E-state index contributed by atoms with van der Waals surface area (Å²) in [4.78, 5) is 39.3. The molecule has 0 radical (unpaired) electrons. The van der Waals surface area contributed by atoms with Crippen LogP contribution in [0.1, 0.15) is 67.3 Å². The van der Waals surface area contributed by atoms with E-state index in [4.69, 9.17) is 0 Å². The largest absolute Gasteiger partial charge is 0.332 e. The summed E-state index contributed by atoms with van der Waals surface area (Å²) in [5.74, 6) is -0.201. The Morgan fingerprint density at radius 2 is 1.90 bits per heavy atom. The van der Waals surface area contributed by atoms with Gasteiger partial charge in [0.2, 0.25) is 0 Å². The summed E-state index contributed by atoms with van der Waals surface area (Å²) in [6, 6.07) is 4.37. The predicted molar refractivity (Wildman–Crippen MR) is 108 cm³/mol. The number of nitrogens with zero attached hydrogens (tertiary/aromatic N) is 5. The molecule has 2 aromatic heterocycles. The van der Waals surface area contributed by atoms with Gasteiger partial charge in [-0.2, -0.15) is 10.2 Å². The zero-order chi connectivity index (χ0) is 20.5. The smallest absolute Gasteiger partial charge is 0.274 e. The first-order chi connectivity index (χ1) is 13.9. The van der Waals surface area contributed by atoms with Crippen LogP contribution in [0.3, 0.4) is 0 Å². The van der Waals surface area contributed by atoms with Gasteiger partial charge < -0.3 is 4.90 Å². The summed E-state index contributed by atoms with van der Waals surface area (Å²) in [6.07, 6.45) is 5.73. The normalized spacial score (nSPS) is 18.9. The summed E-state index contributed by atoms with van der Waals surface area (Å²) in [5, 5.41) is 8.86. The lowest BCUT2D eigenvalue weighted by Crippen LogP contribution is -2.42. The second kappa shape index (κ2) is 7.93. The van der Waals surface area contributed by atoms with Gasteiger partial charge in [0, 0.05) is 18.7 Å². The summed E-state index contributed by atoms with van der Waals surface area (Å²) in [7, 11) is 0. The summed E-state index contributed by atoms with van der Waals surface area (Å²) < 4.78 is 2.84. The van der Waals surface area contributed by atoms with Gasteiger partial charge >= 0.3 is 0 Å². The lowest BCUT2D eigenvalue weighted by atomic mass is 9.97. The van der Waals surface area contributed by atoms with Crippen LogP contribution in [-0.4, -0.2) is 43.0 Å². The van der Waals surface area contributed by atoms with E-state index in [0.717, 1.165) is 49.8 Å². The molecule has 0 aromatic carbocycles. The SMILES string of the molecule is CC(C)n1nc(C(=O)N2CCCC2Cn2nc3c(cc2=O)CCCC3)ccc1=O. The Morgan fingerprint density at radius 3 is 2.69 bits per heavy atom. The van der Waals surface area contributed by atoms with Crippen LogP contribution in [0.15, 0.2) is 27.8 Å². The van der Waals surface area contributed by atoms with E-state index in [2.05, 4.69) is 10.2 Å². The fourth-order valence-corrected chi connectivity index (χ4v) is 4.28. The highest BCUT2D eigenvalue weighted by atomic mass is 16.2. The molecule has 1 amide bonds. The third-order valence-corrected chi connectivity index (χ3v) is 5.83. The van der Waals surface area contributed by atoms with E-state index in [9.17, 15) is 14.4 Å². The number of hydrogen-bond donors (Lipinski definition) is 0. The fraction of sp³-hybridized carbons (Fsp3) is 0.571. The number of likely N-dealkylation sites (tertiary alicyclic amines) is 1. The Hall–Kier alpha value is -2.77. The second-order valence-electron chi connectivity index (χ2n) is 8.23. The lowest BCUT2D eigenvalue weighted by Gasteiger charge is -2.25. The standard InChI is InChI=1S/C21H27N5O3/c1-14(2)26-19(27)10-9-18(23-26)21(29)24-11-5-7-16(24)13-25-20(28)12-15-6-3-4-8-17(15)22-25/h9-10,12,14,16H,3-8,11,13H2,1-2H3. The third kappa shape index (κ3) is 3.88. The van der Waals surface area contributed by atoms with Crippen molar-refractivity contribution in [3.63, 3.8) is 0 Å². The van der Waals surface area contributed by atoms with E-state index in [-0.39, 0.29) is 34.8 Å². The molecule has 3 heterocycles. The van der Waals surface area contributed by atoms with Gasteiger partial charge in [-0.3, -0.25) is 14.4 Å². The topological polar surface area (TPSA) is 90.1 Å². The minimum Gasteiger partial charge on any atom is -0.332 e. The third-order valence-electron chi connectivity index (χ3n) is 5.83. The molecular formula is C21H27N5O3. The molecule has 8 nitrogen and oxygen atoms in total. The first kappa shape index (κ1) is 19.5. The van der Waals surface area contributed by atoms with E-state index in [0.29, 0.717) is 13.1 Å². The molecule has 1 unspecified atom stereocenters. The number of amides is 1. The summed E-state index contributed by atoms with van der Waals surface area (Å²) in [5.41, 5.74) is 2.01. The van der Waals surface area contributed by atoms with Crippen molar-refractivity contribution in [2.24, 2.45) is 0 Å². The quantitative estimate of drug-likeness (QED) is 0.781. The molecule has 154 valence electrons. The molecular weight excluding hydrogens is 370 g/mol. The minimum atomic E-state index is -0.223. The predicted octanol–water partition coefficient (Wildman–Crippen LogP) is 1.56. The maximum absolute atomic E-state index is 13.1. The van der Waals surface area contributed by atoms with Crippen molar-refractivity contribution in [2.75, 3.05) is 6.54 Å². The van der Waals surface area contributed by atoms with Crippen LogP contribution in [-0.2, 0) is 19.4 Å². The molecule has 1 aliphatic carbocycles. The molecule has 4 rings (SSSR count). The van der Waals surface area contributed by atoms with Crippen LogP contribution in [0.4, 0.5) is 0 Å². The van der Waals surface area contributed by atoms with E-state index in [1.54, 1.807) is 11.0 Å². The van der Waals surface area contributed by atoms with Crippen LogP contribution in [0.25, 0.3) is 0 Å². The van der Waals surface area contributed by atoms with E-state index >= 15 is 0 Å². The molecule has 0 saturated carbocycles. The molecule has 1 saturated heterocycles. The number of carbonyl (C=O) groups excluding carboxylic acids is 1. The van der Waals surface area contributed by atoms with Crippen molar-refractivity contribution in [3.05, 3.63) is 55.9 Å². The molecule has 2 aliphatic rings. The fourth-order valence-electron chi connectivity index (χ4n) is 4.28. The van der Waals surface area contributed by atoms with E-state index in [1.165, 1.54) is 21.5 Å². The molecule has 29 heavy (non-hydrogen) atoms. The number of rotatable bonds is 4. The van der Waals surface area contributed by atoms with E-state index < -0.39 is 0 Å². The van der Waals surface area contributed by atoms with Gasteiger partial charge in [0.25, 0.3) is 17.0 Å². The van der Waals surface area contributed by atoms with Crippen molar-refractivity contribution in [1.29, 1.82) is 0 Å². The Morgan fingerprint density at radius 1 is 1.10 bits per heavy atom. The van der Waals surface area contributed by atoms with Gasteiger partial charge in [-0.05, 0) is 64.0 Å². The summed E-state index contributed by atoms with van der Waals surface area (Å²) >= 11 is 0. The van der Waals surface area contributed by atoms with Crippen LogP contribution in [0.2, 0.25) is 0 Å². The lowest BCUT2D eigenvalue weighted by molar-refractivity contribution is 0.0711.